The summed E-state index contributed by atoms with van der Waals surface area (Å²) >= 11 is 0. The van der Waals surface area contributed by atoms with Gasteiger partial charge in [-0.15, -0.1) is 0 Å². The van der Waals surface area contributed by atoms with E-state index in [0.717, 1.165) is 0 Å². The maximum atomic E-state index is 12.7. The van der Waals surface area contributed by atoms with Gasteiger partial charge >= 0.3 is 5.97 Å². The van der Waals surface area contributed by atoms with E-state index in [-0.39, 0.29) is 6.54 Å². The molecule has 0 aromatic heterocycles. The van der Waals surface area contributed by atoms with Gasteiger partial charge in [-0.05, 0) is 0 Å². The zero-order valence-electron chi connectivity index (χ0n) is 6.08. The van der Waals surface area contributed by atoms with Gasteiger partial charge in [-0.3, -0.25) is 10.1 Å². The Morgan fingerprint density at radius 3 is 2.82 bits per heavy atom. The summed E-state index contributed by atoms with van der Waals surface area (Å²) in [6.07, 6.45) is -2.08. The summed E-state index contributed by atoms with van der Waals surface area (Å²) in [4.78, 5) is 10.4. The lowest BCUT2D eigenvalue weighted by Gasteiger charge is -2.14. The van der Waals surface area contributed by atoms with E-state index in [9.17, 15) is 9.18 Å². The normalized spacial score (nSPS) is 37.5. The van der Waals surface area contributed by atoms with Crippen LogP contribution in [0.3, 0.4) is 0 Å². The lowest BCUT2D eigenvalue weighted by molar-refractivity contribution is -0.142. The summed E-state index contributed by atoms with van der Waals surface area (Å²) in [6.45, 7) is 0.0511. The number of nitrogens with one attached hydrogen (secondary N) is 1. The van der Waals surface area contributed by atoms with Crippen LogP contribution in [0.5, 0.6) is 0 Å². The fourth-order valence-electron chi connectivity index (χ4n) is 1.19. The monoisotopic (exact) mass is 163 g/mol. The Balaban J connectivity index is 2.61. The minimum atomic E-state index is -1.22. The quantitative estimate of drug-likeness (QED) is 0.570. The predicted octanol–water partition coefficient (Wildman–Crippen LogP) is -0.604. The fraction of sp³-hybridized carbons (Fsp3) is 0.833. The van der Waals surface area contributed by atoms with Crippen molar-refractivity contribution in [1.82, 2.24) is 5.32 Å². The minimum absolute atomic E-state index is 0.0511. The van der Waals surface area contributed by atoms with Crippen LogP contribution < -0.4 is 5.32 Å². The van der Waals surface area contributed by atoms with E-state index in [1.54, 1.807) is 0 Å². The van der Waals surface area contributed by atoms with Crippen molar-refractivity contribution in [3.05, 3.63) is 0 Å². The number of ether oxygens (including phenoxy) is 1. The first-order chi connectivity index (χ1) is 5.16. The third kappa shape index (κ3) is 1.49. The van der Waals surface area contributed by atoms with Gasteiger partial charge in [0.15, 0.2) is 0 Å². The summed E-state index contributed by atoms with van der Waals surface area (Å²) in [5, 5.41) is 11.0. The number of carboxylic acids is 1. The molecule has 1 heterocycles. The molecule has 1 fully saturated rings. The SMILES string of the molecule is CO[C@H]1[C@@H](C(=O)O)NC[C@@H]1F. The molecule has 64 valence electrons. The third-order valence-electron chi connectivity index (χ3n) is 1.76. The zero-order valence-corrected chi connectivity index (χ0v) is 6.08. The van der Waals surface area contributed by atoms with Gasteiger partial charge in [0.25, 0.3) is 0 Å². The van der Waals surface area contributed by atoms with Crippen LogP contribution in [0.2, 0.25) is 0 Å². The molecule has 0 aromatic rings. The molecule has 0 saturated carbocycles. The van der Waals surface area contributed by atoms with E-state index in [0.29, 0.717) is 0 Å². The second-order valence-corrected chi connectivity index (χ2v) is 2.44. The Labute approximate surface area is 63.3 Å². The molecule has 0 aromatic carbocycles. The first kappa shape index (κ1) is 8.42. The summed E-state index contributed by atoms with van der Waals surface area (Å²) in [6, 6.07) is -0.907. The average molecular weight is 163 g/mol. The van der Waals surface area contributed by atoms with Crippen molar-refractivity contribution in [2.45, 2.75) is 18.3 Å². The number of halogens is 1. The van der Waals surface area contributed by atoms with E-state index in [1.807, 2.05) is 0 Å². The van der Waals surface area contributed by atoms with E-state index in [1.165, 1.54) is 7.11 Å². The molecule has 0 aliphatic carbocycles. The van der Waals surface area contributed by atoms with Crippen LogP contribution in [0, 0.1) is 0 Å². The van der Waals surface area contributed by atoms with Crippen molar-refractivity contribution in [3.63, 3.8) is 0 Å². The van der Waals surface area contributed by atoms with Gasteiger partial charge in [-0.1, -0.05) is 0 Å². The van der Waals surface area contributed by atoms with Gasteiger partial charge in [-0.2, -0.15) is 0 Å². The van der Waals surface area contributed by atoms with Crippen LogP contribution in [0.25, 0.3) is 0 Å². The Morgan fingerprint density at radius 2 is 2.45 bits per heavy atom. The largest absolute Gasteiger partial charge is 0.480 e. The highest BCUT2D eigenvalue weighted by molar-refractivity contribution is 5.75. The summed E-state index contributed by atoms with van der Waals surface area (Å²) in [5.41, 5.74) is 0. The molecule has 2 N–H and O–H groups in total. The first-order valence-electron chi connectivity index (χ1n) is 3.30. The number of aliphatic carboxylic acids is 1. The molecule has 1 aliphatic rings. The lowest BCUT2D eigenvalue weighted by atomic mass is 10.1. The Morgan fingerprint density at radius 1 is 1.82 bits per heavy atom. The Bertz CT molecular complexity index is 164. The Hall–Kier alpha value is -0.680. The first-order valence-corrected chi connectivity index (χ1v) is 3.30. The van der Waals surface area contributed by atoms with E-state index >= 15 is 0 Å². The van der Waals surface area contributed by atoms with Gasteiger partial charge in [-0.25, -0.2) is 4.39 Å². The number of alkyl halides is 1. The van der Waals surface area contributed by atoms with E-state index in [4.69, 9.17) is 5.11 Å². The van der Waals surface area contributed by atoms with Crippen LogP contribution in [0.1, 0.15) is 0 Å². The Kier molecular flexibility index (Phi) is 2.41. The molecule has 3 atom stereocenters. The molecule has 11 heavy (non-hydrogen) atoms. The number of hydrogen-bond donors (Lipinski definition) is 2. The van der Waals surface area contributed by atoms with Crippen LogP contribution in [-0.2, 0) is 9.53 Å². The molecule has 5 heteroatoms. The van der Waals surface area contributed by atoms with Crippen molar-refractivity contribution in [3.8, 4) is 0 Å². The average Bonchev–Trinajstić information content (AvgIpc) is 2.30. The molecular weight excluding hydrogens is 153 g/mol. The van der Waals surface area contributed by atoms with Crippen molar-refractivity contribution < 1.29 is 19.0 Å². The standard InChI is InChI=1S/C6H10FNO3/c1-11-5-3(7)2-8-4(5)6(9)10/h3-5,8H,2H2,1H3,(H,9,10)/t3-,4-,5+/m0/s1. The molecule has 0 amide bonds. The maximum Gasteiger partial charge on any atom is 0.323 e. The van der Waals surface area contributed by atoms with Crippen LogP contribution in [-0.4, -0.2) is 43.0 Å². The summed E-state index contributed by atoms with van der Waals surface area (Å²) < 4.78 is 17.4. The van der Waals surface area contributed by atoms with Crippen molar-refractivity contribution in [2.24, 2.45) is 0 Å². The molecule has 1 saturated heterocycles. The van der Waals surface area contributed by atoms with Gasteiger partial charge in [0.05, 0.1) is 0 Å². The minimum Gasteiger partial charge on any atom is -0.480 e. The molecule has 1 rings (SSSR count). The molecule has 0 unspecified atom stereocenters. The van der Waals surface area contributed by atoms with Gasteiger partial charge in [0, 0.05) is 13.7 Å². The van der Waals surface area contributed by atoms with Gasteiger partial charge in [0.1, 0.15) is 18.3 Å². The van der Waals surface area contributed by atoms with Gasteiger partial charge < -0.3 is 9.84 Å². The van der Waals surface area contributed by atoms with Crippen molar-refractivity contribution >= 4 is 5.97 Å². The molecule has 0 spiro atoms. The molecule has 4 nitrogen and oxygen atoms in total. The van der Waals surface area contributed by atoms with Crippen LogP contribution in [0.4, 0.5) is 4.39 Å². The highest BCUT2D eigenvalue weighted by Crippen LogP contribution is 2.14. The maximum absolute atomic E-state index is 12.7. The number of methoxy groups -OCH3 is 1. The van der Waals surface area contributed by atoms with Gasteiger partial charge in [0.2, 0.25) is 0 Å². The number of carbonyl (C=O) groups is 1. The van der Waals surface area contributed by atoms with Crippen LogP contribution in [0.15, 0.2) is 0 Å². The number of hydrogen-bond acceptors (Lipinski definition) is 3. The second kappa shape index (κ2) is 3.15. The summed E-state index contributed by atoms with van der Waals surface area (Å²) in [5.74, 6) is -1.07. The lowest BCUT2D eigenvalue weighted by Crippen LogP contribution is -2.40. The summed E-state index contributed by atoms with van der Waals surface area (Å²) in [7, 11) is 1.31. The predicted molar refractivity (Wildman–Crippen MR) is 35.1 cm³/mol. The second-order valence-electron chi connectivity index (χ2n) is 2.44. The smallest absolute Gasteiger partial charge is 0.323 e. The van der Waals surface area contributed by atoms with Crippen molar-refractivity contribution in [2.75, 3.05) is 13.7 Å². The molecule has 0 bridgehead atoms. The fourth-order valence-corrected chi connectivity index (χ4v) is 1.19. The highest BCUT2D eigenvalue weighted by atomic mass is 19.1. The topological polar surface area (TPSA) is 58.6 Å². The highest BCUT2D eigenvalue weighted by Gasteiger charge is 2.40. The zero-order chi connectivity index (χ0) is 8.43. The number of rotatable bonds is 2. The van der Waals surface area contributed by atoms with E-state index in [2.05, 4.69) is 10.1 Å². The van der Waals surface area contributed by atoms with E-state index < -0.39 is 24.3 Å². The molecular formula is C6H10FNO3. The molecule has 1 aliphatic heterocycles. The van der Waals surface area contributed by atoms with Crippen molar-refractivity contribution in [1.29, 1.82) is 0 Å². The third-order valence-corrected chi connectivity index (χ3v) is 1.76. The van der Waals surface area contributed by atoms with Crippen LogP contribution >= 0.6 is 0 Å². The molecule has 0 radical (unpaired) electrons. The number of carboxylic acid groups (broad SMARTS) is 1.